The maximum Gasteiger partial charge on any atom is 0.310 e. The van der Waals surface area contributed by atoms with Gasteiger partial charge in [-0.25, -0.2) is 0 Å². The predicted octanol–water partition coefficient (Wildman–Crippen LogP) is 4.65. The highest BCUT2D eigenvalue weighted by molar-refractivity contribution is 5.80. The van der Waals surface area contributed by atoms with Crippen LogP contribution in [0.3, 0.4) is 0 Å². The lowest BCUT2D eigenvalue weighted by molar-refractivity contribution is -0.168. The van der Waals surface area contributed by atoms with Gasteiger partial charge in [0.15, 0.2) is 0 Å². The monoisotopic (exact) mass is 326 g/mol. The van der Waals surface area contributed by atoms with E-state index in [9.17, 15) is 9.59 Å². The van der Waals surface area contributed by atoms with E-state index in [2.05, 4.69) is 0 Å². The van der Waals surface area contributed by atoms with E-state index in [4.69, 9.17) is 9.47 Å². The average molecular weight is 326 g/mol. The molecule has 0 amide bonds. The third-order valence-corrected chi connectivity index (χ3v) is 3.92. The van der Waals surface area contributed by atoms with Crippen molar-refractivity contribution in [3.05, 3.63) is 0 Å². The van der Waals surface area contributed by atoms with Crippen LogP contribution in [0.4, 0.5) is 0 Å². The van der Waals surface area contributed by atoms with Crippen molar-refractivity contribution in [1.29, 1.82) is 0 Å². The Morgan fingerprint density at radius 1 is 0.913 bits per heavy atom. The molecule has 1 unspecified atom stereocenters. The van der Waals surface area contributed by atoms with Gasteiger partial charge in [-0.3, -0.25) is 9.59 Å². The highest BCUT2D eigenvalue weighted by Crippen LogP contribution is 2.31. The molecule has 4 nitrogen and oxygen atoms in total. The molecule has 0 bridgehead atoms. The first kappa shape index (κ1) is 20.0. The van der Waals surface area contributed by atoms with Crippen LogP contribution in [0.1, 0.15) is 86.5 Å². The molecule has 1 aliphatic carbocycles. The van der Waals surface area contributed by atoms with Gasteiger partial charge in [-0.1, -0.05) is 32.1 Å². The van der Waals surface area contributed by atoms with Crippen LogP contribution >= 0.6 is 0 Å². The molecule has 1 atom stereocenters. The molecule has 0 aromatic carbocycles. The first-order valence-corrected chi connectivity index (χ1v) is 8.91. The van der Waals surface area contributed by atoms with E-state index in [0.29, 0.717) is 5.92 Å². The Hall–Kier alpha value is -1.06. The summed E-state index contributed by atoms with van der Waals surface area (Å²) < 4.78 is 10.9. The van der Waals surface area contributed by atoms with Crippen LogP contribution in [0, 0.1) is 11.8 Å². The van der Waals surface area contributed by atoms with Crippen LogP contribution in [0.15, 0.2) is 0 Å². The Bertz CT molecular complexity index is 395. The van der Waals surface area contributed by atoms with E-state index >= 15 is 0 Å². The molecule has 0 heterocycles. The predicted molar refractivity (Wildman–Crippen MR) is 91.0 cm³/mol. The summed E-state index contributed by atoms with van der Waals surface area (Å²) >= 11 is 0. The molecule has 0 aromatic rings. The van der Waals surface area contributed by atoms with E-state index in [1.807, 2.05) is 41.5 Å². The maximum atomic E-state index is 12.5. The fourth-order valence-corrected chi connectivity index (χ4v) is 3.06. The summed E-state index contributed by atoms with van der Waals surface area (Å²) in [7, 11) is 0. The third-order valence-electron chi connectivity index (χ3n) is 3.92. The number of carbonyl (C=O) groups excluding carboxylic acids is 2. The van der Waals surface area contributed by atoms with Crippen molar-refractivity contribution < 1.29 is 19.1 Å². The molecule has 0 spiro atoms. The zero-order chi connectivity index (χ0) is 17.7. The van der Waals surface area contributed by atoms with Gasteiger partial charge in [-0.15, -0.1) is 0 Å². The van der Waals surface area contributed by atoms with Gasteiger partial charge in [-0.05, 0) is 53.9 Å². The van der Waals surface area contributed by atoms with Crippen LogP contribution in [0.2, 0.25) is 0 Å². The highest BCUT2D eigenvalue weighted by atomic mass is 16.6. The summed E-state index contributed by atoms with van der Waals surface area (Å²) in [6.45, 7) is 11.1. The summed E-state index contributed by atoms with van der Waals surface area (Å²) in [6.07, 6.45) is 6.86. The smallest absolute Gasteiger partial charge is 0.310 e. The standard InChI is InChI=1S/C19H34O4/c1-18(2,3)22-16(20)13-15(17(21)23-19(4,5)6)12-14-10-8-7-9-11-14/h14-15H,7-13H2,1-6H3. The zero-order valence-electron chi connectivity index (χ0n) is 15.7. The third kappa shape index (κ3) is 8.97. The lowest BCUT2D eigenvalue weighted by Gasteiger charge is -2.28. The summed E-state index contributed by atoms with van der Waals surface area (Å²) in [5.74, 6) is -0.464. The summed E-state index contributed by atoms with van der Waals surface area (Å²) in [5, 5.41) is 0. The molecule has 1 fully saturated rings. The summed E-state index contributed by atoms with van der Waals surface area (Å²) in [6, 6.07) is 0. The minimum absolute atomic E-state index is 0.114. The Balaban J connectivity index is 2.70. The number of esters is 2. The van der Waals surface area contributed by atoms with Crippen LogP contribution in [0.5, 0.6) is 0 Å². The van der Waals surface area contributed by atoms with Crippen LogP contribution in [-0.4, -0.2) is 23.1 Å². The van der Waals surface area contributed by atoms with Crippen molar-refractivity contribution in [2.45, 2.75) is 97.7 Å². The van der Waals surface area contributed by atoms with Crippen LogP contribution in [0.25, 0.3) is 0 Å². The van der Waals surface area contributed by atoms with Gasteiger partial charge in [-0.2, -0.15) is 0 Å². The second-order valence-electron chi connectivity index (χ2n) is 8.76. The summed E-state index contributed by atoms with van der Waals surface area (Å²) in [5.41, 5.74) is -1.06. The van der Waals surface area contributed by atoms with E-state index in [-0.39, 0.29) is 18.4 Å². The SMILES string of the molecule is CC(C)(C)OC(=O)CC(CC1CCCCC1)C(=O)OC(C)(C)C. The minimum Gasteiger partial charge on any atom is -0.460 e. The molecular weight excluding hydrogens is 292 g/mol. The number of hydrogen-bond acceptors (Lipinski definition) is 4. The summed E-state index contributed by atoms with van der Waals surface area (Å²) in [4.78, 5) is 24.7. The van der Waals surface area contributed by atoms with Crippen molar-refractivity contribution in [1.82, 2.24) is 0 Å². The van der Waals surface area contributed by atoms with Crippen molar-refractivity contribution in [2.24, 2.45) is 11.8 Å². The van der Waals surface area contributed by atoms with Crippen LogP contribution < -0.4 is 0 Å². The highest BCUT2D eigenvalue weighted by Gasteiger charge is 2.31. The molecule has 1 saturated carbocycles. The van der Waals surface area contributed by atoms with Gasteiger partial charge in [0.1, 0.15) is 11.2 Å². The molecule has 1 rings (SSSR count). The largest absolute Gasteiger partial charge is 0.460 e. The zero-order valence-corrected chi connectivity index (χ0v) is 15.7. The molecule has 0 N–H and O–H groups in total. The number of rotatable bonds is 5. The fourth-order valence-electron chi connectivity index (χ4n) is 3.06. The number of hydrogen-bond donors (Lipinski definition) is 0. The Labute approximate surface area is 141 Å². The van der Waals surface area contributed by atoms with Crippen molar-refractivity contribution in [3.63, 3.8) is 0 Å². The van der Waals surface area contributed by atoms with E-state index in [0.717, 1.165) is 19.3 Å². The Morgan fingerprint density at radius 3 is 1.91 bits per heavy atom. The van der Waals surface area contributed by atoms with Crippen molar-refractivity contribution in [2.75, 3.05) is 0 Å². The molecule has 0 aliphatic heterocycles. The van der Waals surface area contributed by atoms with E-state index < -0.39 is 17.1 Å². The molecule has 1 aliphatic rings. The normalized spacial score (nSPS) is 18.3. The fraction of sp³-hybridized carbons (Fsp3) is 0.895. The van der Waals surface area contributed by atoms with E-state index in [1.165, 1.54) is 19.3 Å². The number of carbonyl (C=O) groups is 2. The second kappa shape index (κ2) is 8.16. The van der Waals surface area contributed by atoms with Gasteiger partial charge in [0, 0.05) is 0 Å². The van der Waals surface area contributed by atoms with Gasteiger partial charge in [0.25, 0.3) is 0 Å². The van der Waals surface area contributed by atoms with Gasteiger partial charge >= 0.3 is 11.9 Å². The lowest BCUT2D eigenvalue weighted by Crippen LogP contribution is -2.33. The topological polar surface area (TPSA) is 52.6 Å². The second-order valence-corrected chi connectivity index (χ2v) is 8.76. The Kier molecular flexibility index (Phi) is 7.09. The van der Waals surface area contributed by atoms with Gasteiger partial charge < -0.3 is 9.47 Å². The minimum atomic E-state index is -0.532. The molecule has 0 aromatic heterocycles. The van der Waals surface area contributed by atoms with Crippen molar-refractivity contribution >= 4 is 11.9 Å². The van der Waals surface area contributed by atoms with Gasteiger partial charge in [0.2, 0.25) is 0 Å². The average Bonchev–Trinajstić information content (AvgIpc) is 2.34. The van der Waals surface area contributed by atoms with Crippen LogP contribution in [-0.2, 0) is 19.1 Å². The quantitative estimate of drug-likeness (QED) is 0.690. The molecule has 4 heteroatoms. The Morgan fingerprint density at radius 2 is 1.43 bits per heavy atom. The molecule has 23 heavy (non-hydrogen) atoms. The maximum absolute atomic E-state index is 12.5. The molecule has 0 saturated heterocycles. The number of ether oxygens (including phenoxy) is 2. The first-order chi connectivity index (χ1) is 10.5. The van der Waals surface area contributed by atoms with Gasteiger partial charge in [0.05, 0.1) is 12.3 Å². The molecular formula is C19H34O4. The first-order valence-electron chi connectivity index (χ1n) is 8.91. The van der Waals surface area contributed by atoms with Crippen molar-refractivity contribution in [3.8, 4) is 0 Å². The molecule has 134 valence electrons. The van der Waals surface area contributed by atoms with E-state index in [1.54, 1.807) is 0 Å². The molecule has 0 radical (unpaired) electrons. The lowest BCUT2D eigenvalue weighted by atomic mass is 9.82.